The molecule has 1 heterocycles. The van der Waals surface area contributed by atoms with Crippen LogP contribution < -0.4 is 0 Å². The van der Waals surface area contributed by atoms with E-state index >= 15 is 0 Å². The van der Waals surface area contributed by atoms with Gasteiger partial charge in [-0.15, -0.1) is 0 Å². The molecule has 0 bridgehead atoms. The predicted octanol–water partition coefficient (Wildman–Crippen LogP) is 4.52. The summed E-state index contributed by atoms with van der Waals surface area (Å²) in [6, 6.07) is 10.6. The third-order valence-corrected chi connectivity index (χ3v) is 3.37. The van der Waals surface area contributed by atoms with Crippen molar-refractivity contribution in [1.82, 2.24) is 4.98 Å². The zero-order chi connectivity index (χ0) is 13.7. The Kier molecular flexibility index (Phi) is 4.67. The van der Waals surface area contributed by atoms with Gasteiger partial charge in [-0.1, -0.05) is 31.2 Å². The van der Waals surface area contributed by atoms with Crippen molar-refractivity contribution < 1.29 is 4.39 Å². The number of hydrogen-bond donors (Lipinski definition) is 0. The molecular weight excluding hydrogens is 237 g/mol. The number of hydrogen-bond acceptors (Lipinski definition) is 1. The van der Waals surface area contributed by atoms with Gasteiger partial charge in [-0.2, -0.15) is 0 Å². The number of pyridine rings is 1. The third-order valence-electron chi connectivity index (χ3n) is 3.37. The van der Waals surface area contributed by atoms with Crippen molar-refractivity contribution >= 4 is 0 Å². The van der Waals surface area contributed by atoms with Gasteiger partial charge < -0.3 is 0 Å². The molecule has 0 spiro atoms. The molecule has 0 unspecified atom stereocenters. The van der Waals surface area contributed by atoms with Gasteiger partial charge >= 0.3 is 0 Å². The van der Waals surface area contributed by atoms with Gasteiger partial charge in [0.05, 0.1) is 6.67 Å². The fourth-order valence-corrected chi connectivity index (χ4v) is 2.27. The number of benzene rings is 1. The molecule has 0 aliphatic heterocycles. The summed E-state index contributed by atoms with van der Waals surface area (Å²) >= 11 is 0. The van der Waals surface area contributed by atoms with Gasteiger partial charge in [0.15, 0.2) is 0 Å². The lowest BCUT2D eigenvalue weighted by atomic mass is 9.95. The minimum atomic E-state index is -0.245. The van der Waals surface area contributed by atoms with E-state index in [9.17, 15) is 4.39 Å². The summed E-state index contributed by atoms with van der Waals surface area (Å²) in [6.07, 6.45) is 4.32. The molecule has 1 nitrogen and oxygen atoms in total. The molecule has 0 saturated carbocycles. The van der Waals surface area contributed by atoms with Crippen LogP contribution in [0.3, 0.4) is 0 Å². The first-order valence-electron chi connectivity index (χ1n) is 6.85. The van der Waals surface area contributed by atoms with Crippen LogP contribution in [0.1, 0.15) is 30.2 Å². The van der Waals surface area contributed by atoms with Crippen molar-refractivity contribution in [3.63, 3.8) is 0 Å². The summed E-state index contributed by atoms with van der Waals surface area (Å²) in [5, 5.41) is 0. The Morgan fingerprint density at radius 1 is 1.16 bits per heavy atom. The molecule has 100 valence electrons. The molecule has 0 aliphatic carbocycles. The van der Waals surface area contributed by atoms with Gasteiger partial charge in [0.25, 0.3) is 0 Å². The number of aromatic nitrogens is 1. The molecule has 0 aliphatic rings. The largest absolute Gasteiger partial charge is 0.261 e. The molecule has 0 amide bonds. The van der Waals surface area contributed by atoms with Gasteiger partial charge in [0, 0.05) is 17.5 Å². The molecule has 2 rings (SSSR count). The number of alkyl halides is 1. The summed E-state index contributed by atoms with van der Waals surface area (Å²) in [5.41, 5.74) is 5.94. The van der Waals surface area contributed by atoms with Gasteiger partial charge in [-0.05, 0) is 48.9 Å². The maximum Gasteiger partial charge on any atom is 0.0897 e. The lowest BCUT2D eigenvalue weighted by Gasteiger charge is -2.10. The molecule has 0 fully saturated rings. The quantitative estimate of drug-likeness (QED) is 0.767. The van der Waals surface area contributed by atoms with Crippen molar-refractivity contribution in [2.75, 3.05) is 6.67 Å². The van der Waals surface area contributed by atoms with E-state index in [0.29, 0.717) is 6.42 Å². The van der Waals surface area contributed by atoms with Gasteiger partial charge in [-0.3, -0.25) is 9.37 Å². The Bertz CT molecular complexity index is 531. The van der Waals surface area contributed by atoms with Crippen LogP contribution in [-0.4, -0.2) is 11.7 Å². The van der Waals surface area contributed by atoms with Crippen LogP contribution in [0.2, 0.25) is 0 Å². The van der Waals surface area contributed by atoms with E-state index in [2.05, 4.69) is 36.2 Å². The average molecular weight is 257 g/mol. The van der Waals surface area contributed by atoms with Crippen LogP contribution in [0.15, 0.2) is 36.5 Å². The van der Waals surface area contributed by atoms with E-state index in [4.69, 9.17) is 0 Å². The highest BCUT2D eigenvalue weighted by Gasteiger charge is 2.05. The third kappa shape index (κ3) is 3.40. The lowest BCUT2D eigenvalue weighted by molar-refractivity contribution is 0.473. The number of nitrogens with zero attached hydrogens (tertiary/aromatic N) is 1. The van der Waals surface area contributed by atoms with Crippen molar-refractivity contribution in [2.24, 2.45) is 0 Å². The summed E-state index contributed by atoms with van der Waals surface area (Å²) in [7, 11) is 0. The van der Waals surface area contributed by atoms with Crippen LogP contribution in [0.5, 0.6) is 0 Å². The van der Waals surface area contributed by atoms with Crippen molar-refractivity contribution in [3.05, 3.63) is 53.3 Å². The molecule has 0 atom stereocenters. The average Bonchev–Trinajstić information content (AvgIpc) is 2.46. The van der Waals surface area contributed by atoms with Crippen molar-refractivity contribution in [2.45, 2.75) is 33.1 Å². The topological polar surface area (TPSA) is 12.9 Å². The second-order valence-corrected chi connectivity index (χ2v) is 4.83. The van der Waals surface area contributed by atoms with E-state index in [-0.39, 0.29) is 6.67 Å². The van der Waals surface area contributed by atoms with Crippen LogP contribution in [-0.2, 0) is 12.8 Å². The minimum absolute atomic E-state index is 0.245. The highest BCUT2D eigenvalue weighted by molar-refractivity contribution is 5.67. The fourth-order valence-electron chi connectivity index (χ4n) is 2.27. The highest BCUT2D eigenvalue weighted by Crippen LogP contribution is 2.25. The molecule has 0 radical (unpaired) electrons. The Labute approximate surface area is 114 Å². The molecule has 1 aromatic carbocycles. The Hall–Kier alpha value is -1.70. The van der Waals surface area contributed by atoms with E-state index in [1.807, 2.05) is 19.2 Å². The lowest BCUT2D eigenvalue weighted by Crippen LogP contribution is -1.94. The first-order chi connectivity index (χ1) is 9.24. The molecule has 0 saturated heterocycles. The van der Waals surface area contributed by atoms with E-state index in [0.717, 1.165) is 24.1 Å². The zero-order valence-electron chi connectivity index (χ0n) is 11.6. The monoisotopic (exact) mass is 257 g/mol. The standard InChI is InChI=1S/C17H20FN/c1-3-15-11-14(5-4-10-18)7-9-17(15)16-8-6-13(2)19-12-16/h6-9,11-12H,3-5,10H2,1-2H3. The first kappa shape index (κ1) is 13.7. The summed E-state index contributed by atoms with van der Waals surface area (Å²) in [6.45, 7) is 3.90. The predicted molar refractivity (Wildman–Crippen MR) is 78.1 cm³/mol. The van der Waals surface area contributed by atoms with Gasteiger partial charge in [0.1, 0.15) is 0 Å². The van der Waals surface area contributed by atoms with Gasteiger partial charge in [0.2, 0.25) is 0 Å². The summed E-state index contributed by atoms with van der Waals surface area (Å²) in [4.78, 5) is 4.35. The highest BCUT2D eigenvalue weighted by atomic mass is 19.1. The molecule has 19 heavy (non-hydrogen) atoms. The molecule has 1 aromatic heterocycles. The van der Waals surface area contributed by atoms with Crippen LogP contribution >= 0.6 is 0 Å². The van der Waals surface area contributed by atoms with E-state index < -0.39 is 0 Å². The zero-order valence-corrected chi connectivity index (χ0v) is 11.6. The Morgan fingerprint density at radius 3 is 2.63 bits per heavy atom. The number of aryl methyl sites for hydroxylation is 3. The van der Waals surface area contributed by atoms with E-state index in [1.54, 1.807) is 0 Å². The Balaban J connectivity index is 2.32. The second kappa shape index (κ2) is 6.46. The first-order valence-corrected chi connectivity index (χ1v) is 6.85. The smallest absolute Gasteiger partial charge is 0.0897 e. The minimum Gasteiger partial charge on any atom is -0.261 e. The SMILES string of the molecule is CCc1cc(CCCF)ccc1-c1ccc(C)nc1. The number of rotatable bonds is 5. The van der Waals surface area contributed by atoms with Crippen LogP contribution in [0.4, 0.5) is 4.39 Å². The van der Waals surface area contributed by atoms with Gasteiger partial charge in [-0.25, -0.2) is 0 Å². The van der Waals surface area contributed by atoms with Crippen molar-refractivity contribution in [1.29, 1.82) is 0 Å². The Morgan fingerprint density at radius 2 is 2.00 bits per heavy atom. The maximum absolute atomic E-state index is 12.2. The molecule has 2 heteroatoms. The molecule has 2 aromatic rings. The second-order valence-electron chi connectivity index (χ2n) is 4.83. The molecule has 0 N–H and O–H groups in total. The van der Waals surface area contributed by atoms with E-state index in [1.165, 1.54) is 16.7 Å². The normalized spacial score (nSPS) is 10.7. The molecular formula is C17H20FN. The van der Waals surface area contributed by atoms with Crippen molar-refractivity contribution in [3.8, 4) is 11.1 Å². The van der Waals surface area contributed by atoms with Crippen LogP contribution in [0.25, 0.3) is 11.1 Å². The maximum atomic E-state index is 12.2. The number of halogens is 1. The fraction of sp³-hybridized carbons (Fsp3) is 0.353. The summed E-state index contributed by atoms with van der Waals surface area (Å²) in [5.74, 6) is 0. The summed E-state index contributed by atoms with van der Waals surface area (Å²) < 4.78 is 12.2. The van der Waals surface area contributed by atoms with Crippen LogP contribution in [0, 0.1) is 6.92 Å².